The van der Waals surface area contributed by atoms with Crippen LogP contribution < -0.4 is 5.32 Å². The molecule has 96 valence electrons. The summed E-state index contributed by atoms with van der Waals surface area (Å²) in [6, 6.07) is 8.84. The molecule has 17 heavy (non-hydrogen) atoms. The quantitative estimate of drug-likeness (QED) is 0.815. The first kappa shape index (κ1) is 14.2. The van der Waals surface area contributed by atoms with Crippen molar-refractivity contribution in [1.29, 1.82) is 0 Å². The smallest absolute Gasteiger partial charge is 0.0668 e. The van der Waals surface area contributed by atoms with Gasteiger partial charge >= 0.3 is 0 Å². The van der Waals surface area contributed by atoms with Gasteiger partial charge in [-0.3, -0.25) is 0 Å². The molecular formula is C15H25NO. The Morgan fingerprint density at radius 3 is 2.59 bits per heavy atom. The van der Waals surface area contributed by atoms with E-state index in [9.17, 15) is 0 Å². The van der Waals surface area contributed by atoms with Gasteiger partial charge in [0.2, 0.25) is 0 Å². The molecule has 0 amide bonds. The van der Waals surface area contributed by atoms with Crippen molar-refractivity contribution in [2.45, 2.75) is 45.8 Å². The molecule has 0 fully saturated rings. The number of ether oxygens (including phenoxy) is 1. The summed E-state index contributed by atoms with van der Waals surface area (Å²) in [5.41, 5.74) is 2.54. The Morgan fingerprint density at radius 2 is 2.06 bits per heavy atom. The predicted molar refractivity (Wildman–Crippen MR) is 73.3 cm³/mol. The molecule has 0 bridgehead atoms. The van der Waals surface area contributed by atoms with E-state index in [0.29, 0.717) is 6.61 Å². The van der Waals surface area contributed by atoms with Gasteiger partial charge in [-0.25, -0.2) is 0 Å². The molecule has 0 heterocycles. The molecule has 0 radical (unpaired) electrons. The number of hydrogen-bond acceptors (Lipinski definition) is 2. The van der Waals surface area contributed by atoms with Crippen LogP contribution in [0.25, 0.3) is 0 Å². The Morgan fingerprint density at radius 1 is 1.35 bits per heavy atom. The summed E-state index contributed by atoms with van der Waals surface area (Å²) in [6.07, 6.45) is 1.03. The van der Waals surface area contributed by atoms with Crippen molar-refractivity contribution in [1.82, 2.24) is 5.32 Å². The Hall–Kier alpha value is -0.860. The Balaban J connectivity index is 2.66. The summed E-state index contributed by atoms with van der Waals surface area (Å²) in [5.74, 6) is 0. The van der Waals surface area contributed by atoms with Gasteiger partial charge in [-0.2, -0.15) is 0 Å². The highest BCUT2D eigenvalue weighted by Gasteiger charge is 2.18. The summed E-state index contributed by atoms with van der Waals surface area (Å²) < 4.78 is 5.96. The van der Waals surface area contributed by atoms with E-state index in [4.69, 9.17) is 4.74 Å². The topological polar surface area (TPSA) is 21.3 Å². The van der Waals surface area contributed by atoms with Crippen molar-refractivity contribution in [3.63, 3.8) is 0 Å². The van der Waals surface area contributed by atoms with Gasteiger partial charge in [0.05, 0.1) is 18.2 Å². The van der Waals surface area contributed by atoms with Gasteiger partial charge in [0.1, 0.15) is 0 Å². The summed E-state index contributed by atoms with van der Waals surface area (Å²) in [7, 11) is 1.98. The fourth-order valence-electron chi connectivity index (χ4n) is 1.64. The minimum absolute atomic E-state index is 0.0427. The third-order valence-corrected chi connectivity index (χ3v) is 3.29. The van der Waals surface area contributed by atoms with Crippen LogP contribution in [0.2, 0.25) is 0 Å². The molecule has 0 saturated carbocycles. The molecule has 0 aliphatic rings. The number of benzene rings is 1. The fraction of sp³-hybridized carbons (Fsp3) is 0.600. The number of aryl methyl sites for hydroxylation is 1. The maximum absolute atomic E-state index is 5.96. The molecule has 1 unspecified atom stereocenters. The summed E-state index contributed by atoms with van der Waals surface area (Å²) in [4.78, 5) is 0. The zero-order valence-electron chi connectivity index (χ0n) is 11.7. The molecule has 0 spiro atoms. The lowest BCUT2D eigenvalue weighted by Gasteiger charge is -2.27. The van der Waals surface area contributed by atoms with E-state index in [1.807, 2.05) is 7.05 Å². The largest absolute Gasteiger partial charge is 0.374 e. The monoisotopic (exact) mass is 235 g/mol. The van der Waals surface area contributed by atoms with Gasteiger partial charge in [0.25, 0.3) is 0 Å². The molecule has 0 saturated heterocycles. The fourth-order valence-corrected chi connectivity index (χ4v) is 1.64. The summed E-state index contributed by atoms with van der Waals surface area (Å²) in [5, 5.41) is 3.32. The maximum atomic E-state index is 5.96. The van der Waals surface area contributed by atoms with Gasteiger partial charge in [0.15, 0.2) is 0 Å². The Bertz CT molecular complexity index is 347. The van der Waals surface area contributed by atoms with Gasteiger partial charge in [0, 0.05) is 0 Å². The second kappa shape index (κ2) is 6.18. The highest BCUT2D eigenvalue weighted by molar-refractivity contribution is 5.25. The highest BCUT2D eigenvalue weighted by atomic mass is 16.5. The van der Waals surface area contributed by atoms with Crippen LogP contribution in [0.1, 0.15) is 44.4 Å². The van der Waals surface area contributed by atoms with Crippen LogP contribution in [0.3, 0.4) is 0 Å². The normalized spacial score (nSPS) is 13.7. The van der Waals surface area contributed by atoms with Crippen LogP contribution in [0, 0.1) is 6.92 Å². The average molecular weight is 235 g/mol. The van der Waals surface area contributed by atoms with Crippen LogP contribution >= 0.6 is 0 Å². The third kappa shape index (κ3) is 4.49. The minimum atomic E-state index is -0.0427. The second-order valence-electron chi connectivity index (χ2n) is 5.18. The van der Waals surface area contributed by atoms with Gasteiger partial charge in [-0.05, 0) is 39.8 Å². The SMILES string of the molecule is CCC(C)(C)OCC(NC)c1cccc(C)c1. The number of hydrogen-bond donors (Lipinski definition) is 1. The zero-order valence-corrected chi connectivity index (χ0v) is 11.7. The summed E-state index contributed by atoms with van der Waals surface area (Å²) >= 11 is 0. The molecule has 1 rings (SSSR count). The third-order valence-electron chi connectivity index (χ3n) is 3.29. The molecule has 0 aliphatic heterocycles. The van der Waals surface area contributed by atoms with Crippen LogP contribution in [-0.2, 0) is 4.74 Å². The zero-order chi connectivity index (χ0) is 12.9. The highest BCUT2D eigenvalue weighted by Crippen LogP contribution is 2.19. The van der Waals surface area contributed by atoms with Gasteiger partial charge in [-0.1, -0.05) is 36.8 Å². The molecule has 0 aromatic heterocycles. The van der Waals surface area contributed by atoms with E-state index in [0.717, 1.165) is 6.42 Å². The predicted octanol–water partition coefficient (Wildman–Crippen LogP) is 3.46. The molecule has 0 aliphatic carbocycles. The van der Waals surface area contributed by atoms with Crippen LogP contribution in [0.5, 0.6) is 0 Å². The molecule has 1 N–H and O–H groups in total. The van der Waals surface area contributed by atoms with E-state index in [-0.39, 0.29) is 11.6 Å². The van der Waals surface area contributed by atoms with Crippen molar-refractivity contribution < 1.29 is 4.74 Å². The number of likely N-dealkylation sites (N-methyl/N-ethyl adjacent to an activating group) is 1. The molecule has 2 nitrogen and oxygen atoms in total. The molecular weight excluding hydrogens is 210 g/mol. The number of rotatable bonds is 6. The van der Waals surface area contributed by atoms with Crippen molar-refractivity contribution in [3.8, 4) is 0 Å². The first-order valence-electron chi connectivity index (χ1n) is 6.36. The molecule has 1 aromatic rings. The first-order valence-corrected chi connectivity index (χ1v) is 6.36. The van der Waals surface area contributed by atoms with Crippen LogP contribution in [0.4, 0.5) is 0 Å². The van der Waals surface area contributed by atoms with E-state index >= 15 is 0 Å². The van der Waals surface area contributed by atoms with Crippen LogP contribution in [-0.4, -0.2) is 19.3 Å². The van der Waals surface area contributed by atoms with Crippen molar-refractivity contribution >= 4 is 0 Å². The standard InChI is InChI=1S/C15H25NO/c1-6-15(3,4)17-11-14(16-5)13-9-7-8-12(2)10-13/h7-10,14,16H,6,11H2,1-5H3. The van der Waals surface area contributed by atoms with Gasteiger partial charge in [-0.15, -0.1) is 0 Å². The molecule has 2 heteroatoms. The van der Waals surface area contributed by atoms with Crippen molar-refractivity contribution in [2.75, 3.05) is 13.7 Å². The lowest BCUT2D eigenvalue weighted by atomic mass is 10.0. The van der Waals surface area contributed by atoms with E-state index < -0.39 is 0 Å². The van der Waals surface area contributed by atoms with Crippen molar-refractivity contribution in [2.24, 2.45) is 0 Å². The maximum Gasteiger partial charge on any atom is 0.0668 e. The van der Waals surface area contributed by atoms with Crippen LogP contribution in [0.15, 0.2) is 24.3 Å². The summed E-state index contributed by atoms with van der Waals surface area (Å²) in [6.45, 7) is 9.25. The Kier molecular flexibility index (Phi) is 5.16. The number of nitrogens with one attached hydrogen (secondary N) is 1. The minimum Gasteiger partial charge on any atom is -0.374 e. The van der Waals surface area contributed by atoms with E-state index in [1.54, 1.807) is 0 Å². The van der Waals surface area contributed by atoms with E-state index in [1.165, 1.54) is 11.1 Å². The average Bonchev–Trinajstić information content (AvgIpc) is 2.30. The molecule has 1 aromatic carbocycles. The second-order valence-corrected chi connectivity index (χ2v) is 5.18. The lowest BCUT2D eigenvalue weighted by molar-refractivity contribution is -0.0300. The van der Waals surface area contributed by atoms with Gasteiger partial charge < -0.3 is 10.1 Å². The van der Waals surface area contributed by atoms with E-state index in [2.05, 4.69) is 57.3 Å². The Labute approximate surface area is 105 Å². The first-order chi connectivity index (χ1) is 7.98. The molecule has 1 atom stereocenters. The van der Waals surface area contributed by atoms with Crippen molar-refractivity contribution in [3.05, 3.63) is 35.4 Å². The lowest BCUT2D eigenvalue weighted by Crippen LogP contribution is -2.30.